The molecule has 2 heterocycles. The molecule has 1 aromatic carbocycles. The number of hydrogen-bond acceptors (Lipinski definition) is 3. The van der Waals surface area contributed by atoms with Crippen LogP contribution in [0.3, 0.4) is 0 Å². The van der Waals surface area contributed by atoms with Crippen LogP contribution in [-0.2, 0) is 13.1 Å². The maximum Gasteiger partial charge on any atom is 0.118 e. The number of hydrogen-bond donors (Lipinski definition) is 0. The molecule has 0 N–H and O–H groups in total. The highest BCUT2D eigenvalue weighted by Crippen LogP contribution is 2.16. The first-order valence-corrected chi connectivity index (χ1v) is 7.75. The number of benzene rings is 1. The van der Waals surface area contributed by atoms with Crippen molar-refractivity contribution in [1.82, 2.24) is 9.80 Å². The Hall–Kier alpha value is -1.58. The van der Waals surface area contributed by atoms with Gasteiger partial charge in [-0.3, -0.25) is 9.80 Å². The zero-order chi connectivity index (χ0) is 14.7. The van der Waals surface area contributed by atoms with Gasteiger partial charge in [0, 0.05) is 32.7 Å². The fourth-order valence-electron chi connectivity index (χ4n) is 2.90. The Labute approximate surface area is 127 Å². The summed E-state index contributed by atoms with van der Waals surface area (Å²) in [7, 11) is 0. The second-order valence-electron chi connectivity index (χ2n) is 5.99. The van der Waals surface area contributed by atoms with Gasteiger partial charge in [0.25, 0.3) is 0 Å². The van der Waals surface area contributed by atoms with Crippen molar-refractivity contribution in [2.24, 2.45) is 0 Å². The molecule has 1 aliphatic heterocycles. The molecule has 0 amide bonds. The molecular weight excluding hydrogens is 260 g/mol. The minimum absolute atomic E-state index is 0.938. The Morgan fingerprint density at radius 1 is 0.905 bits per heavy atom. The highest BCUT2D eigenvalue weighted by atomic mass is 16.3. The van der Waals surface area contributed by atoms with Gasteiger partial charge in [-0.15, -0.1) is 0 Å². The van der Waals surface area contributed by atoms with Gasteiger partial charge in [0.15, 0.2) is 0 Å². The van der Waals surface area contributed by atoms with E-state index in [9.17, 15) is 0 Å². The molecule has 1 aliphatic rings. The van der Waals surface area contributed by atoms with E-state index in [1.807, 2.05) is 6.92 Å². The molecule has 3 rings (SSSR count). The Bertz CT molecular complexity index is 549. The SMILES string of the molecule is Cc1cc(CN2CCN(Cc3ccccc3)CC2)oc1C. The van der Waals surface area contributed by atoms with E-state index in [2.05, 4.69) is 53.1 Å². The Morgan fingerprint density at radius 2 is 1.52 bits per heavy atom. The van der Waals surface area contributed by atoms with Crippen molar-refractivity contribution in [3.63, 3.8) is 0 Å². The molecule has 1 fully saturated rings. The Balaban J connectivity index is 1.49. The molecule has 0 atom stereocenters. The predicted molar refractivity (Wildman–Crippen MR) is 85.2 cm³/mol. The van der Waals surface area contributed by atoms with Crippen molar-refractivity contribution in [2.45, 2.75) is 26.9 Å². The molecule has 0 spiro atoms. The molecule has 2 aromatic rings. The van der Waals surface area contributed by atoms with E-state index in [4.69, 9.17) is 4.42 Å². The lowest BCUT2D eigenvalue weighted by molar-refractivity contribution is 0.116. The summed E-state index contributed by atoms with van der Waals surface area (Å²) in [5, 5.41) is 0. The minimum atomic E-state index is 0.938. The van der Waals surface area contributed by atoms with Crippen LogP contribution in [0.5, 0.6) is 0 Å². The first kappa shape index (κ1) is 14.4. The number of rotatable bonds is 4. The fourth-order valence-corrected chi connectivity index (χ4v) is 2.90. The fraction of sp³-hybridized carbons (Fsp3) is 0.444. The van der Waals surface area contributed by atoms with Crippen LogP contribution < -0.4 is 0 Å². The first-order chi connectivity index (χ1) is 10.2. The quantitative estimate of drug-likeness (QED) is 0.859. The molecule has 3 heteroatoms. The zero-order valence-corrected chi connectivity index (χ0v) is 13.0. The monoisotopic (exact) mass is 284 g/mol. The van der Waals surface area contributed by atoms with Crippen molar-refractivity contribution in [2.75, 3.05) is 26.2 Å². The second-order valence-corrected chi connectivity index (χ2v) is 5.99. The Morgan fingerprint density at radius 3 is 2.10 bits per heavy atom. The molecule has 1 aromatic heterocycles. The van der Waals surface area contributed by atoms with E-state index in [0.717, 1.165) is 50.8 Å². The van der Waals surface area contributed by atoms with Gasteiger partial charge in [0.2, 0.25) is 0 Å². The zero-order valence-electron chi connectivity index (χ0n) is 13.0. The van der Waals surface area contributed by atoms with Crippen LogP contribution in [0.1, 0.15) is 22.6 Å². The van der Waals surface area contributed by atoms with Crippen molar-refractivity contribution < 1.29 is 4.42 Å². The van der Waals surface area contributed by atoms with E-state index in [1.54, 1.807) is 0 Å². The largest absolute Gasteiger partial charge is 0.465 e. The van der Waals surface area contributed by atoms with Gasteiger partial charge in [-0.2, -0.15) is 0 Å². The lowest BCUT2D eigenvalue weighted by Gasteiger charge is -2.34. The van der Waals surface area contributed by atoms with Crippen LogP contribution >= 0.6 is 0 Å². The minimum Gasteiger partial charge on any atom is -0.465 e. The van der Waals surface area contributed by atoms with Gasteiger partial charge < -0.3 is 4.42 Å². The van der Waals surface area contributed by atoms with E-state index >= 15 is 0 Å². The first-order valence-electron chi connectivity index (χ1n) is 7.75. The van der Waals surface area contributed by atoms with Crippen molar-refractivity contribution >= 4 is 0 Å². The van der Waals surface area contributed by atoms with Gasteiger partial charge in [0.1, 0.15) is 11.5 Å². The van der Waals surface area contributed by atoms with Crippen LogP contribution in [0.2, 0.25) is 0 Å². The van der Waals surface area contributed by atoms with Gasteiger partial charge in [-0.05, 0) is 31.0 Å². The highest BCUT2D eigenvalue weighted by Gasteiger charge is 2.18. The third kappa shape index (κ3) is 3.74. The van der Waals surface area contributed by atoms with Crippen molar-refractivity contribution in [1.29, 1.82) is 0 Å². The van der Waals surface area contributed by atoms with Gasteiger partial charge in [-0.25, -0.2) is 0 Å². The molecule has 112 valence electrons. The number of nitrogens with zero attached hydrogens (tertiary/aromatic N) is 2. The standard InChI is InChI=1S/C18H24N2O/c1-15-12-18(21-16(15)2)14-20-10-8-19(9-11-20)13-17-6-4-3-5-7-17/h3-7,12H,8-11,13-14H2,1-2H3. The van der Waals surface area contributed by atoms with Gasteiger partial charge in [-0.1, -0.05) is 30.3 Å². The maximum atomic E-state index is 5.78. The second kappa shape index (κ2) is 6.46. The summed E-state index contributed by atoms with van der Waals surface area (Å²) in [4.78, 5) is 5.02. The lowest BCUT2D eigenvalue weighted by atomic mass is 10.2. The molecule has 3 nitrogen and oxygen atoms in total. The lowest BCUT2D eigenvalue weighted by Crippen LogP contribution is -2.45. The summed E-state index contributed by atoms with van der Waals surface area (Å²) in [6.45, 7) is 10.6. The van der Waals surface area contributed by atoms with Crippen LogP contribution in [0.4, 0.5) is 0 Å². The van der Waals surface area contributed by atoms with E-state index < -0.39 is 0 Å². The average molecular weight is 284 g/mol. The topological polar surface area (TPSA) is 19.6 Å². The van der Waals surface area contributed by atoms with E-state index in [-0.39, 0.29) is 0 Å². The molecule has 0 aliphatic carbocycles. The van der Waals surface area contributed by atoms with Crippen LogP contribution in [0.25, 0.3) is 0 Å². The summed E-state index contributed by atoms with van der Waals surface area (Å²) in [5.41, 5.74) is 2.66. The Kier molecular flexibility index (Phi) is 4.42. The molecular formula is C18H24N2O. The van der Waals surface area contributed by atoms with Crippen LogP contribution in [0.15, 0.2) is 40.8 Å². The number of piperazine rings is 1. The van der Waals surface area contributed by atoms with Crippen molar-refractivity contribution in [3.05, 3.63) is 59.0 Å². The molecule has 21 heavy (non-hydrogen) atoms. The molecule has 0 bridgehead atoms. The molecule has 0 radical (unpaired) electrons. The molecule has 0 saturated carbocycles. The third-order valence-corrected chi connectivity index (χ3v) is 4.31. The molecule has 0 unspecified atom stereocenters. The predicted octanol–water partition coefficient (Wildman–Crippen LogP) is 3.21. The summed E-state index contributed by atoms with van der Waals surface area (Å²) in [6.07, 6.45) is 0. The maximum absolute atomic E-state index is 5.78. The van der Waals surface area contributed by atoms with Crippen LogP contribution in [-0.4, -0.2) is 36.0 Å². The van der Waals surface area contributed by atoms with Gasteiger partial charge in [0.05, 0.1) is 6.54 Å². The van der Waals surface area contributed by atoms with Crippen LogP contribution in [0, 0.1) is 13.8 Å². The normalized spacial score (nSPS) is 17.2. The van der Waals surface area contributed by atoms with E-state index in [1.165, 1.54) is 11.1 Å². The smallest absolute Gasteiger partial charge is 0.118 e. The summed E-state index contributed by atoms with van der Waals surface area (Å²) >= 11 is 0. The third-order valence-electron chi connectivity index (χ3n) is 4.31. The average Bonchev–Trinajstić information content (AvgIpc) is 2.80. The summed E-state index contributed by atoms with van der Waals surface area (Å²) < 4.78 is 5.78. The number of aryl methyl sites for hydroxylation is 2. The van der Waals surface area contributed by atoms with Crippen molar-refractivity contribution in [3.8, 4) is 0 Å². The van der Waals surface area contributed by atoms with Gasteiger partial charge >= 0.3 is 0 Å². The number of furan rings is 1. The summed E-state index contributed by atoms with van der Waals surface area (Å²) in [6, 6.07) is 12.9. The molecule has 1 saturated heterocycles. The highest BCUT2D eigenvalue weighted by molar-refractivity contribution is 5.18. The summed E-state index contributed by atoms with van der Waals surface area (Å²) in [5.74, 6) is 2.15. The van der Waals surface area contributed by atoms with E-state index in [0.29, 0.717) is 0 Å².